The lowest BCUT2D eigenvalue weighted by Gasteiger charge is -2.55. The topological polar surface area (TPSA) is 29.5 Å². The van der Waals surface area contributed by atoms with Crippen molar-refractivity contribution in [2.75, 3.05) is 13.2 Å². The third-order valence-electron chi connectivity index (χ3n) is 5.23. The van der Waals surface area contributed by atoms with Crippen LogP contribution in [0.1, 0.15) is 40.5 Å². The highest BCUT2D eigenvalue weighted by Gasteiger charge is 2.52. The van der Waals surface area contributed by atoms with E-state index in [1.54, 1.807) is 0 Å². The fraction of sp³-hybridized carbons (Fsp3) is 0.867. The van der Waals surface area contributed by atoms with Gasteiger partial charge in [0.25, 0.3) is 0 Å². The number of hydrogen-bond donors (Lipinski definition) is 1. The third kappa shape index (κ3) is 1.86. The zero-order valence-electron chi connectivity index (χ0n) is 11.6. The van der Waals surface area contributed by atoms with E-state index in [4.69, 9.17) is 4.74 Å². The van der Waals surface area contributed by atoms with Crippen molar-refractivity contribution in [3.8, 4) is 0 Å². The summed E-state index contributed by atoms with van der Waals surface area (Å²) >= 11 is 0. The maximum atomic E-state index is 9.83. The monoisotopic (exact) mass is 238 g/mol. The molecule has 2 aliphatic rings. The second-order valence-corrected chi connectivity index (χ2v) is 6.04. The molecule has 2 heteroatoms. The van der Waals surface area contributed by atoms with Crippen LogP contribution in [0.2, 0.25) is 0 Å². The molecular weight excluding hydrogens is 212 g/mol. The number of fused-ring (bicyclic) bond motifs is 2. The second kappa shape index (κ2) is 4.74. The highest BCUT2D eigenvalue weighted by Crippen LogP contribution is 2.52. The molecule has 1 N–H and O–H groups in total. The second-order valence-electron chi connectivity index (χ2n) is 6.04. The van der Waals surface area contributed by atoms with Gasteiger partial charge in [0.15, 0.2) is 0 Å². The molecule has 1 aliphatic carbocycles. The van der Waals surface area contributed by atoms with Crippen LogP contribution in [0.4, 0.5) is 0 Å². The van der Waals surface area contributed by atoms with E-state index in [-0.39, 0.29) is 12.0 Å². The number of rotatable bonds is 3. The Kier molecular flexibility index (Phi) is 3.65. The molecule has 1 aliphatic heterocycles. The van der Waals surface area contributed by atoms with Crippen LogP contribution in [0.25, 0.3) is 0 Å². The number of allylic oxidation sites excluding steroid dienone is 1. The van der Waals surface area contributed by atoms with Gasteiger partial charge in [-0.1, -0.05) is 38.8 Å². The lowest BCUT2D eigenvalue weighted by molar-refractivity contribution is -0.164. The maximum absolute atomic E-state index is 9.83. The highest BCUT2D eigenvalue weighted by molar-refractivity contribution is 5.20. The number of ether oxygens (including phenoxy) is 1. The first-order chi connectivity index (χ1) is 8.06. The van der Waals surface area contributed by atoms with E-state index in [9.17, 15) is 5.11 Å². The minimum absolute atomic E-state index is 0.0472. The average molecular weight is 238 g/mol. The summed E-state index contributed by atoms with van der Waals surface area (Å²) in [6.07, 6.45) is 5.03. The molecule has 1 fully saturated rings. The summed E-state index contributed by atoms with van der Waals surface area (Å²) in [5, 5.41) is 9.83. The van der Waals surface area contributed by atoms with Gasteiger partial charge in [0.2, 0.25) is 0 Å². The van der Waals surface area contributed by atoms with Gasteiger partial charge in [-0.3, -0.25) is 0 Å². The molecule has 5 atom stereocenters. The number of aliphatic hydroxyl groups is 1. The van der Waals surface area contributed by atoms with E-state index >= 15 is 0 Å². The van der Waals surface area contributed by atoms with Crippen LogP contribution >= 0.6 is 0 Å². The first-order valence-corrected chi connectivity index (χ1v) is 6.97. The van der Waals surface area contributed by atoms with Crippen molar-refractivity contribution in [2.24, 2.45) is 23.2 Å². The Bertz CT molecular complexity index is 310. The molecule has 0 aromatic rings. The van der Waals surface area contributed by atoms with Crippen molar-refractivity contribution in [1.29, 1.82) is 0 Å². The zero-order valence-corrected chi connectivity index (χ0v) is 11.6. The van der Waals surface area contributed by atoms with Gasteiger partial charge in [0.1, 0.15) is 0 Å². The summed E-state index contributed by atoms with van der Waals surface area (Å²) in [4.78, 5) is 0. The van der Waals surface area contributed by atoms with Crippen molar-refractivity contribution in [1.82, 2.24) is 0 Å². The quantitative estimate of drug-likeness (QED) is 0.766. The van der Waals surface area contributed by atoms with Gasteiger partial charge in [-0.05, 0) is 25.2 Å². The van der Waals surface area contributed by atoms with Gasteiger partial charge < -0.3 is 9.84 Å². The van der Waals surface area contributed by atoms with Crippen molar-refractivity contribution in [3.05, 3.63) is 11.6 Å². The van der Waals surface area contributed by atoms with Crippen LogP contribution < -0.4 is 0 Å². The third-order valence-corrected chi connectivity index (χ3v) is 5.23. The summed E-state index contributed by atoms with van der Waals surface area (Å²) in [7, 11) is 0. The van der Waals surface area contributed by atoms with E-state index in [1.165, 1.54) is 12.0 Å². The summed E-state index contributed by atoms with van der Waals surface area (Å²) in [6, 6.07) is 0. The van der Waals surface area contributed by atoms with Gasteiger partial charge in [0, 0.05) is 11.3 Å². The van der Waals surface area contributed by atoms with E-state index in [1.807, 2.05) is 0 Å². The molecule has 1 saturated heterocycles. The van der Waals surface area contributed by atoms with Crippen molar-refractivity contribution in [3.63, 3.8) is 0 Å². The molecule has 1 heterocycles. The van der Waals surface area contributed by atoms with E-state index in [0.29, 0.717) is 23.9 Å². The zero-order chi connectivity index (χ0) is 12.6. The lowest BCUT2D eigenvalue weighted by atomic mass is 9.56. The molecule has 0 saturated carbocycles. The molecule has 0 amide bonds. The standard InChI is InChI=1S/C15H26O2/c1-5-6-13-14-10(2)7-11(3)15(8-16,9-17-13)12(14)4/h7,11-14,16H,5-6,8-9H2,1-4H3/t11-,12+,13+,14-,15+/m0/s1. The van der Waals surface area contributed by atoms with E-state index in [0.717, 1.165) is 13.0 Å². The largest absolute Gasteiger partial charge is 0.396 e. The summed E-state index contributed by atoms with van der Waals surface area (Å²) in [6.45, 7) is 9.93. The number of aliphatic hydroxyl groups excluding tert-OH is 1. The van der Waals surface area contributed by atoms with Crippen LogP contribution in [-0.4, -0.2) is 24.4 Å². The van der Waals surface area contributed by atoms with E-state index < -0.39 is 0 Å². The maximum Gasteiger partial charge on any atom is 0.0643 e. The van der Waals surface area contributed by atoms with Crippen molar-refractivity contribution < 1.29 is 9.84 Å². The normalized spacial score (nSPS) is 45.6. The number of hydrogen-bond acceptors (Lipinski definition) is 2. The molecular formula is C15H26O2. The molecule has 0 unspecified atom stereocenters. The molecule has 0 aromatic carbocycles. The van der Waals surface area contributed by atoms with Gasteiger partial charge in [-0.15, -0.1) is 0 Å². The summed E-state index contributed by atoms with van der Waals surface area (Å²) < 4.78 is 6.09. The van der Waals surface area contributed by atoms with Gasteiger partial charge >= 0.3 is 0 Å². The Balaban J connectivity index is 2.34. The van der Waals surface area contributed by atoms with Crippen LogP contribution in [0.15, 0.2) is 11.6 Å². The van der Waals surface area contributed by atoms with Gasteiger partial charge in [0.05, 0.1) is 19.3 Å². The summed E-state index contributed by atoms with van der Waals surface area (Å²) in [5.74, 6) is 1.45. The fourth-order valence-electron chi connectivity index (χ4n) is 3.96. The Morgan fingerprint density at radius 1 is 1.47 bits per heavy atom. The molecule has 98 valence electrons. The predicted octanol–water partition coefficient (Wildman–Crippen LogP) is 3.01. The van der Waals surface area contributed by atoms with Crippen molar-refractivity contribution >= 4 is 0 Å². The van der Waals surface area contributed by atoms with Crippen LogP contribution in [0.5, 0.6) is 0 Å². The minimum atomic E-state index is -0.0472. The SMILES string of the molecule is CCC[C@H]1OC[C@@]2(CO)[C@H](C)[C@@H]1C(C)=C[C@@H]2C. The predicted molar refractivity (Wildman–Crippen MR) is 69.7 cm³/mol. The molecule has 17 heavy (non-hydrogen) atoms. The average Bonchev–Trinajstić information content (AvgIpc) is 2.28. The Labute approximate surface area is 105 Å². The van der Waals surface area contributed by atoms with Gasteiger partial charge in [-0.2, -0.15) is 0 Å². The molecule has 0 spiro atoms. The molecule has 2 bridgehead atoms. The molecule has 2 rings (SSSR count). The molecule has 0 aromatic heterocycles. The highest BCUT2D eigenvalue weighted by atomic mass is 16.5. The molecule has 0 radical (unpaired) electrons. The van der Waals surface area contributed by atoms with E-state index in [2.05, 4.69) is 33.8 Å². The molecule has 2 nitrogen and oxygen atoms in total. The van der Waals surface area contributed by atoms with Gasteiger partial charge in [-0.25, -0.2) is 0 Å². The first kappa shape index (κ1) is 13.1. The Morgan fingerprint density at radius 2 is 2.18 bits per heavy atom. The minimum Gasteiger partial charge on any atom is -0.396 e. The Hall–Kier alpha value is -0.340. The smallest absolute Gasteiger partial charge is 0.0643 e. The van der Waals surface area contributed by atoms with Crippen molar-refractivity contribution in [2.45, 2.75) is 46.6 Å². The summed E-state index contributed by atoms with van der Waals surface area (Å²) in [5.41, 5.74) is 1.42. The first-order valence-electron chi connectivity index (χ1n) is 6.97. The van der Waals surface area contributed by atoms with Crippen LogP contribution in [0, 0.1) is 23.2 Å². The van der Waals surface area contributed by atoms with Crippen LogP contribution in [-0.2, 0) is 4.74 Å². The fourth-order valence-corrected chi connectivity index (χ4v) is 3.96. The van der Waals surface area contributed by atoms with Crippen LogP contribution in [0.3, 0.4) is 0 Å². The Morgan fingerprint density at radius 3 is 2.76 bits per heavy atom. The lowest BCUT2D eigenvalue weighted by Crippen LogP contribution is -2.56.